The summed E-state index contributed by atoms with van der Waals surface area (Å²) in [6.07, 6.45) is 4.89. The minimum absolute atomic E-state index is 0.0605. The van der Waals surface area contributed by atoms with Gasteiger partial charge in [0.2, 0.25) is 0 Å². The van der Waals surface area contributed by atoms with Gasteiger partial charge in [-0.2, -0.15) is 0 Å². The number of nitrogens with one attached hydrogen (secondary N) is 1. The largest absolute Gasteiger partial charge is 0.481 e. The van der Waals surface area contributed by atoms with Gasteiger partial charge in [0.25, 0.3) is 0 Å². The third-order valence-corrected chi connectivity index (χ3v) is 3.85. The van der Waals surface area contributed by atoms with E-state index in [1.165, 1.54) is 6.33 Å². The highest BCUT2D eigenvalue weighted by Gasteiger charge is 2.45. The second-order valence-electron chi connectivity index (χ2n) is 5.06. The minimum Gasteiger partial charge on any atom is -0.481 e. The summed E-state index contributed by atoms with van der Waals surface area (Å²) in [4.78, 5) is 19.7. The third-order valence-electron chi connectivity index (χ3n) is 3.85. The van der Waals surface area contributed by atoms with Gasteiger partial charge in [-0.3, -0.25) is 4.79 Å². The van der Waals surface area contributed by atoms with Crippen molar-refractivity contribution in [3.8, 4) is 0 Å². The summed E-state index contributed by atoms with van der Waals surface area (Å²) < 4.78 is 0. The Morgan fingerprint density at radius 2 is 2.39 bits per heavy atom. The van der Waals surface area contributed by atoms with Gasteiger partial charge in [-0.1, -0.05) is 13.3 Å². The first-order valence-corrected chi connectivity index (χ1v) is 6.37. The van der Waals surface area contributed by atoms with Crippen molar-refractivity contribution in [3.05, 3.63) is 18.1 Å². The van der Waals surface area contributed by atoms with Gasteiger partial charge in [0.15, 0.2) is 0 Å². The van der Waals surface area contributed by atoms with Crippen molar-refractivity contribution in [2.45, 2.75) is 45.6 Å². The molecule has 0 aromatic carbocycles. The van der Waals surface area contributed by atoms with Gasteiger partial charge in [-0.05, 0) is 26.2 Å². The summed E-state index contributed by atoms with van der Waals surface area (Å²) in [7, 11) is 0. The number of carboxylic acids is 1. The predicted octanol–water partition coefficient (Wildman–Crippen LogP) is 2.09. The Kier molecular flexibility index (Phi) is 3.50. The van der Waals surface area contributed by atoms with E-state index in [-0.39, 0.29) is 6.04 Å². The normalized spacial score (nSPS) is 27.1. The number of carboxylic acid groups (broad SMARTS) is 1. The average Bonchev–Trinajstić information content (AvgIpc) is 2.73. The van der Waals surface area contributed by atoms with Gasteiger partial charge in [-0.15, -0.1) is 0 Å². The van der Waals surface area contributed by atoms with E-state index in [1.54, 1.807) is 0 Å². The molecule has 1 heterocycles. The Hall–Kier alpha value is -1.65. The molecular weight excluding hydrogens is 230 g/mol. The van der Waals surface area contributed by atoms with E-state index in [0.717, 1.165) is 30.8 Å². The maximum atomic E-state index is 11.4. The van der Waals surface area contributed by atoms with Crippen molar-refractivity contribution in [2.24, 2.45) is 5.41 Å². The molecule has 0 bridgehead atoms. The van der Waals surface area contributed by atoms with Crippen molar-refractivity contribution >= 4 is 11.8 Å². The fourth-order valence-corrected chi connectivity index (χ4v) is 2.50. The van der Waals surface area contributed by atoms with Crippen molar-refractivity contribution in [2.75, 3.05) is 5.32 Å². The SMILES string of the molecule is CCc1cc(NC2CCCC2(C)C(=O)O)ncn1. The first kappa shape index (κ1) is 12.8. The van der Waals surface area contributed by atoms with Crippen LogP contribution < -0.4 is 5.32 Å². The lowest BCUT2D eigenvalue weighted by Crippen LogP contribution is -2.40. The maximum absolute atomic E-state index is 11.4. The predicted molar refractivity (Wildman–Crippen MR) is 68.4 cm³/mol. The van der Waals surface area contributed by atoms with Gasteiger partial charge < -0.3 is 10.4 Å². The molecule has 5 nitrogen and oxygen atoms in total. The van der Waals surface area contributed by atoms with E-state index in [9.17, 15) is 9.90 Å². The van der Waals surface area contributed by atoms with Crippen LogP contribution in [0.15, 0.2) is 12.4 Å². The van der Waals surface area contributed by atoms with Crippen LogP contribution in [0.2, 0.25) is 0 Å². The molecule has 1 aliphatic carbocycles. The maximum Gasteiger partial charge on any atom is 0.311 e. The number of rotatable bonds is 4. The molecule has 2 unspecified atom stereocenters. The van der Waals surface area contributed by atoms with Crippen molar-refractivity contribution < 1.29 is 9.90 Å². The highest BCUT2D eigenvalue weighted by Crippen LogP contribution is 2.39. The van der Waals surface area contributed by atoms with Gasteiger partial charge in [0.1, 0.15) is 12.1 Å². The smallest absolute Gasteiger partial charge is 0.311 e. The van der Waals surface area contributed by atoms with Crippen LogP contribution in [0.5, 0.6) is 0 Å². The van der Waals surface area contributed by atoms with E-state index < -0.39 is 11.4 Å². The number of anilines is 1. The second kappa shape index (κ2) is 4.92. The molecule has 1 aliphatic rings. The summed E-state index contributed by atoms with van der Waals surface area (Å²) in [6.45, 7) is 3.84. The fraction of sp³-hybridized carbons (Fsp3) is 0.615. The van der Waals surface area contributed by atoms with E-state index in [4.69, 9.17) is 0 Å². The van der Waals surface area contributed by atoms with Gasteiger partial charge in [-0.25, -0.2) is 9.97 Å². The lowest BCUT2D eigenvalue weighted by atomic mass is 9.85. The van der Waals surface area contributed by atoms with Crippen molar-refractivity contribution in [1.29, 1.82) is 0 Å². The molecule has 0 saturated heterocycles. The molecule has 0 amide bonds. The number of carbonyl (C=O) groups is 1. The van der Waals surface area contributed by atoms with E-state index in [1.807, 2.05) is 19.9 Å². The molecule has 1 saturated carbocycles. The fourth-order valence-electron chi connectivity index (χ4n) is 2.50. The summed E-state index contributed by atoms with van der Waals surface area (Å²) in [5.74, 6) is -0.0107. The lowest BCUT2D eigenvalue weighted by Gasteiger charge is -2.28. The molecule has 2 rings (SSSR count). The van der Waals surface area contributed by atoms with Crippen molar-refractivity contribution in [3.63, 3.8) is 0 Å². The molecule has 2 N–H and O–H groups in total. The van der Waals surface area contributed by atoms with Crippen LogP contribution >= 0.6 is 0 Å². The average molecular weight is 249 g/mol. The van der Waals surface area contributed by atoms with Crippen LogP contribution in [0, 0.1) is 5.41 Å². The number of hydrogen-bond donors (Lipinski definition) is 2. The van der Waals surface area contributed by atoms with Crippen LogP contribution in [0.3, 0.4) is 0 Å². The standard InChI is InChI=1S/C13H19N3O2/c1-3-9-7-11(15-8-14-9)16-10-5-4-6-13(10,2)12(17)18/h7-8,10H,3-6H2,1-2H3,(H,17,18)(H,14,15,16). The van der Waals surface area contributed by atoms with Gasteiger partial charge in [0, 0.05) is 17.8 Å². The topological polar surface area (TPSA) is 75.1 Å². The number of hydrogen-bond acceptors (Lipinski definition) is 4. The van der Waals surface area contributed by atoms with Gasteiger partial charge in [0.05, 0.1) is 5.41 Å². The number of aromatic nitrogens is 2. The highest BCUT2D eigenvalue weighted by atomic mass is 16.4. The zero-order valence-electron chi connectivity index (χ0n) is 10.8. The molecule has 0 spiro atoms. The Balaban J connectivity index is 2.15. The summed E-state index contributed by atoms with van der Waals surface area (Å²) in [5.41, 5.74) is 0.264. The third kappa shape index (κ3) is 2.30. The molecule has 2 atom stereocenters. The molecule has 1 fully saturated rings. The summed E-state index contributed by atoms with van der Waals surface area (Å²) >= 11 is 0. The molecule has 1 aromatic rings. The number of aryl methyl sites for hydroxylation is 1. The Labute approximate surface area is 107 Å². The zero-order valence-corrected chi connectivity index (χ0v) is 10.8. The monoisotopic (exact) mass is 249 g/mol. The Morgan fingerprint density at radius 3 is 3.06 bits per heavy atom. The first-order valence-electron chi connectivity index (χ1n) is 6.37. The Bertz CT molecular complexity index is 450. The quantitative estimate of drug-likeness (QED) is 0.854. The molecular formula is C13H19N3O2. The molecule has 5 heteroatoms. The minimum atomic E-state index is -0.734. The van der Waals surface area contributed by atoms with E-state index >= 15 is 0 Å². The van der Waals surface area contributed by atoms with Crippen LogP contribution in [-0.2, 0) is 11.2 Å². The van der Waals surface area contributed by atoms with E-state index in [2.05, 4.69) is 15.3 Å². The van der Waals surface area contributed by atoms with Gasteiger partial charge >= 0.3 is 5.97 Å². The van der Waals surface area contributed by atoms with Crippen molar-refractivity contribution in [1.82, 2.24) is 9.97 Å². The molecule has 0 radical (unpaired) electrons. The molecule has 0 aliphatic heterocycles. The van der Waals surface area contributed by atoms with Crippen LogP contribution in [0.25, 0.3) is 0 Å². The zero-order chi connectivity index (χ0) is 13.2. The highest BCUT2D eigenvalue weighted by molar-refractivity contribution is 5.76. The van der Waals surface area contributed by atoms with Crippen LogP contribution in [0.1, 0.15) is 38.8 Å². The van der Waals surface area contributed by atoms with E-state index in [0.29, 0.717) is 6.42 Å². The first-order chi connectivity index (χ1) is 8.56. The summed E-state index contributed by atoms with van der Waals surface area (Å²) in [5, 5.41) is 12.6. The molecule has 18 heavy (non-hydrogen) atoms. The number of nitrogens with zero attached hydrogens (tertiary/aromatic N) is 2. The number of aliphatic carboxylic acids is 1. The second-order valence-corrected chi connectivity index (χ2v) is 5.06. The lowest BCUT2D eigenvalue weighted by molar-refractivity contribution is -0.147. The molecule has 98 valence electrons. The molecule has 1 aromatic heterocycles. The van der Waals surface area contributed by atoms with Crippen LogP contribution in [-0.4, -0.2) is 27.1 Å². The van der Waals surface area contributed by atoms with Crippen LogP contribution in [0.4, 0.5) is 5.82 Å². The Morgan fingerprint density at radius 1 is 1.61 bits per heavy atom. The summed E-state index contributed by atoms with van der Waals surface area (Å²) in [6, 6.07) is 1.83.